The van der Waals surface area contributed by atoms with Gasteiger partial charge < -0.3 is 10.0 Å². The lowest BCUT2D eigenvalue weighted by Gasteiger charge is -2.27. The van der Waals surface area contributed by atoms with Crippen molar-refractivity contribution in [1.29, 1.82) is 0 Å². The number of benzene rings is 2. The third kappa shape index (κ3) is 1.68. The predicted octanol–water partition coefficient (Wildman–Crippen LogP) is 3.22. The lowest BCUT2D eigenvalue weighted by Crippen LogP contribution is -2.32. The lowest BCUT2D eigenvalue weighted by atomic mass is 10.0. The van der Waals surface area contributed by atoms with Crippen molar-refractivity contribution in [3.63, 3.8) is 0 Å². The monoisotopic (exact) mass is 265 g/mol. The van der Waals surface area contributed by atoms with E-state index in [2.05, 4.69) is 47.4 Å². The molecule has 2 aliphatic rings. The molecular formula is C18H19NO. The van der Waals surface area contributed by atoms with Crippen molar-refractivity contribution in [2.24, 2.45) is 0 Å². The molecule has 1 heterocycles. The van der Waals surface area contributed by atoms with Crippen LogP contribution in [0.15, 0.2) is 42.5 Å². The van der Waals surface area contributed by atoms with E-state index in [0.717, 1.165) is 19.4 Å². The SMILES string of the molecule is OCC1CCCN1c1cccc2c1Cc1ccccc1-2. The van der Waals surface area contributed by atoms with E-state index in [4.69, 9.17) is 0 Å². The summed E-state index contributed by atoms with van der Waals surface area (Å²) >= 11 is 0. The van der Waals surface area contributed by atoms with E-state index in [1.54, 1.807) is 0 Å². The van der Waals surface area contributed by atoms with Crippen molar-refractivity contribution < 1.29 is 5.11 Å². The molecule has 0 radical (unpaired) electrons. The van der Waals surface area contributed by atoms with Crippen molar-refractivity contribution in [1.82, 2.24) is 0 Å². The van der Waals surface area contributed by atoms with Gasteiger partial charge in [0.05, 0.1) is 12.6 Å². The summed E-state index contributed by atoms with van der Waals surface area (Å²) in [6.07, 6.45) is 3.31. The largest absolute Gasteiger partial charge is 0.394 e. The molecule has 1 fully saturated rings. The summed E-state index contributed by atoms with van der Waals surface area (Å²) in [7, 11) is 0. The zero-order valence-corrected chi connectivity index (χ0v) is 11.5. The molecule has 1 aliphatic heterocycles. The number of hydrogen-bond donors (Lipinski definition) is 1. The van der Waals surface area contributed by atoms with E-state index in [0.29, 0.717) is 6.04 Å². The minimum atomic E-state index is 0.261. The van der Waals surface area contributed by atoms with E-state index in [9.17, 15) is 5.11 Å². The Hall–Kier alpha value is -1.80. The highest BCUT2D eigenvalue weighted by Gasteiger charge is 2.28. The van der Waals surface area contributed by atoms with Crippen molar-refractivity contribution in [3.05, 3.63) is 53.6 Å². The summed E-state index contributed by atoms with van der Waals surface area (Å²) in [6, 6.07) is 15.6. The quantitative estimate of drug-likeness (QED) is 0.769. The fourth-order valence-electron chi connectivity index (χ4n) is 3.75. The third-order valence-corrected chi connectivity index (χ3v) is 4.72. The molecule has 2 heteroatoms. The third-order valence-electron chi connectivity index (χ3n) is 4.72. The van der Waals surface area contributed by atoms with Crippen LogP contribution in [0.5, 0.6) is 0 Å². The molecule has 4 rings (SSSR count). The Labute approximate surface area is 119 Å². The van der Waals surface area contributed by atoms with Crippen LogP contribution < -0.4 is 4.90 Å². The maximum Gasteiger partial charge on any atom is 0.0635 e. The summed E-state index contributed by atoms with van der Waals surface area (Å²) in [5, 5.41) is 9.58. The smallest absolute Gasteiger partial charge is 0.0635 e. The molecule has 0 amide bonds. The van der Waals surface area contributed by atoms with E-state index < -0.39 is 0 Å². The first-order valence-corrected chi connectivity index (χ1v) is 7.46. The van der Waals surface area contributed by atoms with Crippen molar-refractivity contribution in [3.8, 4) is 11.1 Å². The standard InChI is InChI=1S/C18H19NO/c20-12-14-6-4-10-19(14)18-9-3-8-16-15-7-2-1-5-13(15)11-17(16)18/h1-3,5,7-9,14,20H,4,6,10-12H2. The average Bonchev–Trinajstić information content (AvgIpc) is 3.10. The van der Waals surface area contributed by atoms with Crippen LogP contribution in [0.1, 0.15) is 24.0 Å². The highest BCUT2D eigenvalue weighted by Crippen LogP contribution is 2.42. The number of fused-ring (bicyclic) bond motifs is 3. The molecule has 0 spiro atoms. The molecule has 1 saturated heterocycles. The second-order valence-electron chi connectivity index (χ2n) is 5.81. The highest BCUT2D eigenvalue weighted by molar-refractivity contribution is 5.82. The summed E-state index contributed by atoms with van der Waals surface area (Å²) in [4.78, 5) is 2.41. The van der Waals surface area contributed by atoms with Gasteiger partial charge in [0.2, 0.25) is 0 Å². The molecule has 2 aromatic carbocycles. The van der Waals surface area contributed by atoms with Crippen molar-refractivity contribution in [2.75, 3.05) is 18.1 Å². The molecule has 0 bridgehead atoms. The zero-order valence-electron chi connectivity index (χ0n) is 11.5. The Balaban J connectivity index is 1.81. The van der Waals surface area contributed by atoms with Gasteiger partial charge in [-0.25, -0.2) is 0 Å². The van der Waals surface area contributed by atoms with Gasteiger partial charge >= 0.3 is 0 Å². The second-order valence-corrected chi connectivity index (χ2v) is 5.81. The highest BCUT2D eigenvalue weighted by atomic mass is 16.3. The first-order valence-electron chi connectivity index (χ1n) is 7.46. The minimum absolute atomic E-state index is 0.261. The molecule has 0 saturated carbocycles. The Morgan fingerprint density at radius 2 is 1.90 bits per heavy atom. The fourth-order valence-corrected chi connectivity index (χ4v) is 3.75. The van der Waals surface area contributed by atoms with Gasteiger partial charge in [-0.15, -0.1) is 0 Å². The molecule has 0 aromatic heterocycles. The predicted molar refractivity (Wildman–Crippen MR) is 82.1 cm³/mol. The van der Waals surface area contributed by atoms with E-state index in [1.165, 1.54) is 34.4 Å². The number of aliphatic hydroxyl groups excluding tert-OH is 1. The van der Waals surface area contributed by atoms with Crippen LogP contribution in [0.3, 0.4) is 0 Å². The Morgan fingerprint density at radius 1 is 1.05 bits per heavy atom. The Morgan fingerprint density at radius 3 is 2.80 bits per heavy atom. The Kier molecular flexibility index (Phi) is 2.78. The van der Waals surface area contributed by atoms with Gasteiger partial charge in [-0.3, -0.25) is 0 Å². The molecular weight excluding hydrogens is 246 g/mol. The summed E-state index contributed by atoms with van der Waals surface area (Å²) in [5.74, 6) is 0. The summed E-state index contributed by atoms with van der Waals surface area (Å²) < 4.78 is 0. The molecule has 2 aromatic rings. The maximum atomic E-state index is 9.58. The molecule has 1 aliphatic carbocycles. The van der Waals surface area contributed by atoms with Gasteiger partial charge in [-0.2, -0.15) is 0 Å². The summed E-state index contributed by atoms with van der Waals surface area (Å²) in [6.45, 7) is 1.33. The van der Waals surface area contributed by atoms with Crippen molar-refractivity contribution in [2.45, 2.75) is 25.3 Å². The maximum absolute atomic E-state index is 9.58. The minimum Gasteiger partial charge on any atom is -0.394 e. The molecule has 1 unspecified atom stereocenters. The van der Waals surface area contributed by atoms with Gasteiger partial charge in [-0.05, 0) is 41.2 Å². The van der Waals surface area contributed by atoms with Gasteiger partial charge in [0.15, 0.2) is 0 Å². The normalized spacial score (nSPS) is 20.1. The van der Waals surface area contributed by atoms with Crippen LogP contribution in [0.25, 0.3) is 11.1 Å². The van der Waals surface area contributed by atoms with Crippen LogP contribution in [-0.2, 0) is 6.42 Å². The second kappa shape index (κ2) is 4.64. The number of anilines is 1. The topological polar surface area (TPSA) is 23.5 Å². The van der Waals surface area contributed by atoms with Crippen LogP contribution in [0.2, 0.25) is 0 Å². The molecule has 20 heavy (non-hydrogen) atoms. The molecule has 2 nitrogen and oxygen atoms in total. The number of rotatable bonds is 2. The first-order chi connectivity index (χ1) is 9.88. The van der Waals surface area contributed by atoms with Gasteiger partial charge in [0.1, 0.15) is 0 Å². The van der Waals surface area contributed by atoms with E-state index in [1.807, 2.05) is 0 Å². The van der Waals surface area contributed by atoms with Crippen LogP contribution in [0, 0.1) is 0 Å². The van der Waals surface area contributed by atoms with Gasteiger partial charge in [0, 0.05) is 18.7 Å². The van der Waals surface area contributed by atoms with E-state index in [-0.39, 0.29) is 6.61 Å². The molecule has 1 N–H and O–H groups in total. The number of hydrogen-bond acceptors (Lipinski definition) is 2. The lowest BCUT2D eigenvalue weighted by molar-refractivity contribution is 0.266. The van der Waals surface area contributed by atoms with Crippen molar-refractivity contribution >= 4 is 5.69 Å². The Bertz CT molecular complexity index is 650. The van der Waals surface area contributed by atoms with Gasteiger partial charge in [-0.1, -0.05) is 36.4 Å². The van der Waals surface area contributed by atoms with Crippen LogP contribution in [0.4, 0.5) is 5.69 Å². The van der Waals surface area contributed by atoms with E-state index >= 15 is 0 Å². The van der Waals surface area contributed by atoms with Crippen LogP contribution >= 0.6 is 0 Å². The first kappa shape index (κ1) is 12.0. The molecule has 1 atom stereocenters. The van der Waals surface area contributed by atoms with Gasteiger partial charge in [0.25, 0.3) is 0 Å². The van der Waals surface area contributed by atoms with Crippen LogP contribution in [-0.4, -0.2) is 24.3 Å². The zero-order chi connectivity index (χ0) is 13.5. The number of nitrogens with zero attached hydrogens (tertiary/aromatic N) is 1. The molecule has 102 valence electrons. The number of aliphatic hydroxyl groups is 1. The average molecular weight is 265 g/mol. The fraction of sp³-hybridized carbons (Fsp3) is 0.333. The summed E-state index contributed by atoms with van der Waals surface area (Å²) in [5.41, 5.74) is 6.95.